The molecule has 1 atom stereocenters. The van der Waals surface area contributed by atoms with Gasteiger partial charge in [-0.15, -0.1) is 0 Å². The van der Waals surface area contributed by atoms with E-state index in [1.54, 1.807) is 11.8 Å². The maximum Gasteiger partial charge on any atom is 0.242 e. The lowest BCUT2D eigenvalue weighted by atomic mass is 10.1. The van der Waals surface area contributed by atoms with E-state index >= 15 is 0 Å². The van der Waals surface area contributed by atoms with Crippen LogP contribution in [0.4, 0.5) is 0 Å². The molecule has 150 valence electrons. The summed E-state index contributed by atoms with van der Waals surface area (Å²) >= 11 is 0. The summed E-state index contributed by atoms with van der Waals surface area (Å²) in [6, 6.07) is 15.5. The van der Waals surface area contributed by atoms with Crippen LogP contribution in [-0.4, -0.2) is 29.3 Å². The molecule has 0 saturated carbocycles. The maximum atomic E-state index is 13.1. The van der Waals surface area contributed by atoms with Gasteiger partial charge in [0.1, 0.15) is 6.04 Å². The second-order valence-electron chi connectivity index (χ2n) is 7.99. The van der Waals surface area contributed by atoms with Crippen molar-refractivity contribution in [3.8, 4) is 0 Å². The molecular weight excluding hydrogens is 348 g/mol. The van der Waals surface area contributed by atoms with Crippen molar-refractivity contribution in [2.45, 2.75) is 53.6 Å². The topological polar surface area (TPSA) is 49.4 Å². The van der Waals surface area contributed by atoms with Crippen molar-refractivity contribution in [3.63, 3.8) is 0 Å². The summed E-state index contributed by atoms with van der Waals surface area (Å²) in [5, 5.41) is 2.95. The monoisotopic (exact) mass is 380 g/mol. The fourth-order valence-electron chi connectivity index (χ4n) is 3.02. The van der Waals surface area contributed by atoms with Crippen molar-refractivity contribution in [2.75, 3.05) is 6.54 Å². The zero-order valence-corrected chi connectivity index (χ0v) is 17.7. The predicted octanol–water partition coefficient (Wildman–Crippen LogP) is 4.04. The predicted molar refractivity (Wildman–Crippen MR) is 114 cm³/mol. The molecule has 0 aliphatic heterocycles. The molecule has 0 fully saturated rings. The van der Waals surface area contributed by atoms with Crippen LogP contribution in [0.5, 0.6) is 0 Å². The van der Waals surface area contributed by atoms with Gasteiger partial charge in [0.2, 0.25) is 11.8 Å². The summed E-state index contributed by atoms with van der Waals surface area (Å²) in [5.74, 6) is 0.210. The van der Waals surface area contributed by atoms with Gasteiger partial charge < -0.3 is 10.2 Å². The molecule has 0 heterocycles. The largest absolute Gasteiger partial charge is 0.354 e. The third-order valence-corrected chi connectivity index (χ3v) is 4.76. The first-order valence-electron chi connectivity index (χ1n) is 9.94. The summed E-state index contributed by atoms with van der Waals surface area (Å²) < 4.78 is 0. The Balaban J connectivity index is 2.19. The van der Waals surface area contributed by atoms with Gasteiger partial charge in [0, 0.05) is 13.1 Å². The molecule has 0 saturated heterocycles. The molecule has 2 aromatic carbocycles. The molecule has 28 heavy (non-hydrogen) atoms. The molecule has 2 rings (SSSR count). The van der Waals surface area contributed by atoms with E-state index in [1.807, 2.05) is 62.4 Å². The van der Waals surface area contributed by atoms with Gasteiger partial charge in [-0.2, -0.15) is 0 Å². The molecule has 2 aromatic rings. The number of amides is 2. The van der Waals surface area contributed by atoms with E-state index in [4.69, 9.17) is 0 Å². The zero-order valence-electron chi connectivity index (χ0n) is 17.7. The molecule has 0 bridgehead atoms. The fourth-order valence-corrected chi connectivity index (χ4v) is 3.02. The van der Waals surface area contributed by atoms with Crippen LogP contribution in [-0.2, 0) is 22.6 Å². The van der Waals surface area contributed by atoms with Crippen LogP contribution >= 0.6 is 0 Å². The van der Waals surface area contributed by atoms with E-state index in [0.717, 1.165) is 16.7 Å². The van der Waals surface area contributed by atoms with Gasteiger partial charge in [0.25, 0.3) is 0 Å². The number of hydrogen-bond acceptors (Lipinski definition) is 2. The lowest BCUT2D eigenvalue weighted by molar-refractivity contribution is -0.140. The molecule has 4 heteroatoms. The Morgan fingerprint density at radius 2 is 1.61 bits per heavy atom. The van der Waals surface area contributed by atoms with Crippen molar-refractivity contribution in [2.24, 2.45) is 5.92 Å². The van der Waals surface area contributed by atoms with Gasteiger partial charge in [-0.1, -0.05) is 73.5 Å². The van der Waals surface area contributed by atoms with Gasteiger partial charge in [0.15, 0.2) is 0 Å². The van der Waals surface area contributed by atoms with Crippen molar-refractivity contribution < 1.29 is 9.59 Å². The minimum atomic E-state index is -0.530. The number of nitrogens with one attached hydrogen (secondary N) is 1. The Morgan fingerprint density at radius 1 is 0.929 bits per heavy atom. The van der Waals surface area contributed by atoms with Gasteiger partial charge in [-0.3, -0.25) is 9.59 Å². The standard InChI is InChI=1S/C24H32N2O2/c1-17(2)15-25-24(28)20(5)26(16-21-11-9-18(3)10-12-21)23(27)14-22-8-6-7-19(4)13-22/h6-13,17,20H,14-16H2,1-5H3,(H,25,28)/t20-/m1/s1. The number of rotatable bonds is 8. The minimum absolute atomic E-state index is 0.0432. The quantitative estimate of drug-likeness (QED) is 0.751. The second kappa shape index (κ2) is 10.1. The summed E-state index contributed by atoms with van der Waals surface area (Å²) in [6.45, 7) is 11.0. The molecule has 4 nitrogen and oxygen atoms in total. The van der Waals surface area contributed by atoms with Crippen LogP contribution in [0.25, 0.3) is 0 Å². The first-order chi connectivity index (χ1) is 13.3. The van der Waals surface area contributed by atoms with Gasteiger partial charge in [-0.05, 0) is 37.8 Å². The number of carbonyl (C=O) groups excluding carboxylic acids is 2. The Morgan fingerprint density at radius 3 is 2.21 bits per heavy atom. The van der Waals surface area contributed by atoms with E-state index in [1.165, 1.54) is 5.56 Å². The van der Waals surface area contributed by atoms with E-state index in [0.29, 0.717) is 19.0 Å². The van der Waals surface area contributed by atoms with Crippen LogP contribution in [0.3, 0.4) is 0 Å². The second-order valence-corrected chi connectivity index (χ2v) is 7.99. The van der Waals surface area contributed by atoms with E-state index in [-0.39, 0.29) is 18.2 Å². The van der Waals surface area contributed by atoms with Crippen molar-refractivity contribution >= 4 is 11.8 Å². The van der Waals surface area contributed by atoms with Crippen molar-refractivity contribution in [3.05, 3.63) is 70.8 Å². The van der Waals surface area contributed by atoms with Gasteiger partial charge >= 0.3 is 0 Å². The SMILES string of the molecule is Cc1ccc(CN(C(=O)Cc2cccc(C)c2)[C@H](C)C(=O)NCC(C)C)cc1. The number of nitrogens with zero attached hydrogens (tertiary/aromatic N) is 1. The van der Waals surface area contributed by atoms with Gasteiger partial charge in [-0.25, -0.2) is 0 Å². The molecular formula is C24H32N2O2. The van der Waals surface area contributed by atoms with Crippen LogP contribution in [0.2, 0.25) is 0 Å². The molecule has 0 aliphatic rings. The Hall–Kier alpha value is -2.62. The highest BCUT2D eigenvalue weighted by Crippen LogP contribution is 2.14. The van der Waals surface area contributed by atoms with Crippen LogP contribution < -0.4 is 5.32 Å². The highest BCUT2D eigenvalue weighted by atomic mass is 16.2. The average Bonchev–Trinajstić information content (AvgIpc) is 2.65. The lowest BCUT2D eigenvalue weighted by Gasteiger charge is -2.29. The molecule has 0 aliphatic carbocycles. The first kappa shape index (κ1) is 21.7. The zero-order chi connectivity index (χ0) is 20.7. The third kappa shape index (κ3) is 6.52. The van der Waals surface area contributed by atoms with Crippen molar-refractivity contribution in [1.82, 2.24) is 10.2 Å². The van der Waals surface area contributed by atoms with E-state index < -0.39 is 6.04 Å². The normalized spacial score (nSPS) is 11.9. The number of carbonyl (C=O) groups is 2. The van der Waals surface area contributed by atoms with E-state index in [9.17, 15) is 9.59 Å². The van der Waals surface area contributed by atoms with E-state index in [2.05, 4.69) is 19.2 Å². The number of benzene rings is 2. The third-order valence-electron chi connectivity index (χ3n) is 4.76. The molecule has 0 spiro atoms. The van der Waals surface area contributed by atoms with Crippen LogP contribution in [0.1, 0.15) is 43.0 Å². The Kier molecular flexibility index (Phi) is 7.80. The number of hydrogen-bond donors (Lipinski definition) is 1. The summed E-state index contributed by atoms with van der Waals surface area (Å²) in [4.78, 5) is 27.4. The maximum absolute atomic E-state index is 13.1. The van der Waals surface area contributed by atoms with Crippen LogP contribution in [0.15, 0.2) is 48.5 Å². The minimum Gasteiger partial charge on any atom is -0.354 e. The Bertz CT molecular complexity index is 797. The summed E-state index contributed by atoms with van der Waals surface area (Å²) in [6.07, 6.45) is 0.287. The lowest BCUT2D eigenvalue weighted by Crippen LogP contribution is -2.48. The first-order valence-corrected chi connectivity index (χ1v) is 9.94. The molecule has 1 N–H and O–H groups in total. The highest BCUT2D eigenvalue weighted by Gasteiger charge is 2.26. The van der Waals surface area contributed by atoms with Crippen molar-refractivity contribution in [1.29, 1.82) is 0 Å². The highest BCUT2D eigenvalue weighted by molar-refractivity contribution is 5.88. The molecule has 2 amide bonds. The van der Waals surface area contributed by atoms with Crippen LogP contribution in [0, 0.1) is 19.8 Å². The van der Waals surface area contributed by atoms with Gasteiger partial charge in [0.05, 0.1) is 6.42 Å². The molecule has 0 aromatic heterocycles. The summed E-state index contributed by atoms with van der Waals surface area (Å²) in [7, 11) is 0. The summed E-state index contributed by atoms with van der Waals surface area (Å²) in [5.41, 5.74) is 4.28. The molecule has 0 radical (unpaired) electrons. The fraction of sp³-hybridized carbons (Fsp3) is 0.417. The average molecular weight is 381 g/mol. The smallest absolute Gasteiger partial charge is 0.242 e. The molecule has 0 unspecified atom stereocenters. The Labute approximate surface area is 169 Å². The number of aryl methyl sites for hydroxylation is 2.